The summed E-state index contributed by atoms with van der Waals surface area (Å²) in [7, 11) is 0. The lowest BCUT2D eigenvalue weighted by Gasteiger charge is -2.11. The molecule has 3 heterocycles. The molecule has 34 heavy (non-hydrogen) atoms. The maximum absolute atomic E-state index is 13.0. The predicted octanol–water partition coefficient (Wildman–Crippen LogP) is 4.35. The maximum atomic E-state index is 13.0. The summed E-state index contributed by atoms with van der Waals surface area (Å²) in [5.41, 5.74) is 2.77. The third-order valence-electron chi connectivity index (χ3n) is 5.11. The van der Waals surface area contributed by atoms with E-state index < -0.39 is 0 Å². The Morgan fingerprint density at radius 3 is 2.50 bits per heavy atom. The number of ether oxygens (including phenoxy) is 1. The summed E-state index contributed by atoms with van der Waals surface area (Å²) in [5, 5.41) is 12.7. The van der Waals surface area contributed by atoms with E-state index in [1.165, 1.54) is 6.33 Å². The molecule has 170 valence electrons. The van der Waals surface area contributed by atoms with Gasteiger partial charge < -0.3 is 10.1 Å². The van der Waals surface area contributed by atoms with Crippen molar-refractivity contribution in [3.05, 3.63) is 84.4 Å². The first kappa shape index (κ1) is 21.3. The lowest BCUT2D eigenvalue weighted by Crippen LogP contribution is -2.16. The van der Waals surface area contributed by atoms with Crippen molar-refractivity contribution in [2.24, 2.45) is 0 Å². The van der Waals surface area contributed by atoms with Crippen LogP contribution in [0.4, 0.5) is 5.82 Å². The van der Waals surface area contributed by atoms with Gasteiger partial charge in [-0.15, -0.1) is 0 Å². The number of rotatable bonds is 6. The molecule has 0 atom stereocenters. The van der Waals surface area contributed by atoms with Crippen LogP contribution in [0.15, 0.2) is 73.2 Å². The topological polar surface area (TPSA) is 99.7 Å². The molecule has 1 amide bonds. The number of hydrogen-bond donors (Lipinski definition) is 1. The Bertz CT molecular complexity index is 1450. The maximum Gasteiger partial charge on any atom is 0.256 e. The molecular formula is C25H23N7O2. The summed E-state index contributed by atoms with van der Waals surface area (Å²) in [6.45, 7) is 5.77. The van der Waals surface area contributed by atoms with Crippen molar-refractivity contribution in [1.82, 2.24) is 29.5 Å². The summed E-state index contributed by atoms with van der Waals surface area (Å²) in [5.74, 6) is 1.47. The van der Waals surface area contributed by atoms with Gasteiger partial charge in [-0.25, -0.2) is 14.6 Å². The Morgan fingerprint density at radius 2 is 1.76 bits per heavy atom. The van der Waals surface area contributed by atoms with Crippen LogP contribution in [0.5, 0.6) is 5.75 Å². The zero-order valence-corrected chi connectivity index (χ0v) is 19.0. The molecule has 0 unspecified atom stereocenters. The van der Waals surface area contributed by atoms with E-state index in [2.05, 4.69) is 25.5 Å². The molecule has 5 aromatic rings. The fourth-order valence-corrected chi connectivity index (χ4v) is 3.65. The van der Waals surface area contributed by atoms with Gasteiger partial charge in [-0.3, -0.25) is 4.79 Å². The summed E-state index contributed by atoms with van der Waals surface area (Å²) in [6.07, 6.45) is 3.23. The first-order valence-electron chi connectivity index (χ1n) is 10.9. The van der Waals surface area contributed by atoms with Crippen molar-refractivity contribution in [3.8, 4) is 17.3 Å². The largest absolute Gasteiger partial charge is 0.491 e. The third-order valence-corrected chi connectivity index (χ3v) is 5.11. The number of anilines is 1. The molecule has 0 aliphatic carbocycles. The molecule has 1 N–H and O–H groups in total. The van der Waals surface area contributed by atoms with E-state index >= 15 is 0 Å². The van der Waals surface area contributed by atoms with Crippen LogP contribution in [-0.4, -0.2) is 41.5 Å². The number of hydrogen-bond acceptors (Lipinski definition) is 6. The first-order valence-corrected chi connectivity index (χ1v) is 10.9. The van der Waals surface area contributed by atoms with Crippen molar-refractivity contribution in [1.29, 1.82) is 0 Å². The van der Waals surface area contributed by atoms with Crippen molar-refractivity contribution in [2.45, 2.75) is 26.9 Å². The van der Waals surface area contributed by atoms with Gasteiger partial charge >= 0.3 is 0 Å². The van der Waals surface area contributed by atoms with Crippen LogP contribution in [0, 0.1) is 6.92 Å². The molecule has 9 nitrogen and oxygen atoms in total. The van der Waals surface area contributed by atoms with Crippen LogP contribution in [0.25, 0.3) is 22.5 Å². The SMILES string of the molecule is Cc1cc(NC(=O)c2ccc(OC(C)C)cc2)n(-c2ncnc3c2cnn3-c2ccccc2)n1. The number of benzene rings is 2. The quantitative estimate of drug-likeness (QED) is 0.410. The van der Waals surface area contributed by atoms with Gasteiger partial charge in [0.15, 0.2) is 11.5 Å². The van der Waals surface area contributed by atoms with Gasteiger partial charge in [0.05, 0.1) is 29.1 Å². The highest BCUT2D eigenvalue weighted by molar-refractivity contribution is 6.04. The van der Waals surface area contributed by atoms with Crippen LogP contribution in [0.3, 0.4) is 0 Å². The summed E-state index contributed by atoms with van der Waals surface area (Å²) in [6, 6.07) is 18.6. The van der Waals surface area contributed by atoms with Crippen LogP contribution in [0.2, 0.25) is 0 Å². The van der Waals surface area contributed by atoms with E-state index in [4.69, 9.17) is 4.74 Å². The summed E-state index contributed by atoms with van der Waals surface area (Å²) in [4.78, 5) is 21.8. The smallest absolute Gasteiger partial charge is 0.256 e. The summed E-state index contributed by atoms with van der Waals surface area (Å²) < 4.78 is 9.00. The highest BCUT2D eigenvalue weighted by atomic mass is 16.5. The van der Waals surface area contributed by atoms with Crippen LogP contribution >= 0.6 is 0 Å². The summed E-state index contributed by atoms with van der Waals surface area (Å²) >= 11 is 0. The molecule has 5 rings (SSSR count). The van der Waals surface area contributed by atoms with E-state index in [-0.39, 0.29) is 12.0 Å². The number of carbonyl (C=O) groups excluding carboxylic acids is 1. The second-order valence-electron chi connectivity index (χ2n) is 8.05. The lowest BCUT2D eigenvalue weighted by molar-refractivity contribution is 0.102. The molecule has 0 saturated heterocycles. The Balaban J connectivity index is 1.48. The molecular weight excluding hydrogens is 430 g/mol. The van der Waals surface area contributed by atoms with Crippen molar-refractivity contribution in [3.63, 3.8) is 0 Å². The number of aromatic nitrogens is 6. The molecule has 0 spiro atoms. The minimum Gasteiger partial charge on any atom is -0.491 e. The molecule has 0 fully saturated rings. The van der Waals surface area contributed by atoms with Gasteiger partial charge in [0.25, 0.3) is 5.91 Å². The number of amides is 1. The van der Waals surface area contributed by atoms with E-state index in [1.54, 1.807) is 45.9 Å². The fourth-order valence-electron chi connectivity index (χ4n) is 3.65. The molecule has 3 aromatic heterocycles. The van der Waals surface area contributed by atoms with Crippen molar-refractivity contribution in [2.75, 3.05) is 5.32 Å². The van der Waals surface area contributed by atoms with Crippen LogP contribution in [0.1, 0.15) is 29.9 Å². The van der Waals surface area contributed by atoms with Crippen LogP contribution < -0.4 is 10.1 Å². The predicted molar refractivity (Wildman–Crippen MR) is 129 cm³/mol. The Hall–Kier alpha value is -4.53. The van der Waals surface area contributed by atoms with Gasteiger partial charge in [0, 0.05) is 11.6 Å². The Morgan fingerprint density at radius 1 is 1.00 bits per heavy atom. The Labute approximate surface area is 196 Å². The second kappa shape index (κ2) is 8.78. The number of nitrogens with one attached hydrogen (secondary N) is 1. The van der Waals surface area contributed by atoms with Crippen molar-refractivity contribution >= 4 is 22.8 Å². The zero-order valence-electron chi connectivity index (χ0n) is 19.0. The van der Waals surface area contributed by atoms with Crippen LogP contribution in [-0.2, 0) is 0 Å². The highest BCUT2D eigenvalue weighted by Crippen LogP contribution is 2.24. The molecule has 0 aliphatic heterocycles. The number of nitrogens with zero attached hydrogens (tertiary/aromatic N) is 6. The second-order valence-corrected chi connectivity index (χ2v) is 8.05. The van der Waals surface area contributed by atoms with Crippen molar-refractivity contribution < 1.29 is 9.53 Å². The lowest BCUT2D eigenvalue weighted by atomic mass is 10.2. The normalized spacial score (nSPS) is 11.2. The first-order chi connectivity index (χ1) is 16.5. The molecule has 0 aliphatic rings. The number of aryl methyl sites for hydroxylation is 1. The minimum atomic E-state index is -0.262. The minimum absolute atomic E-state index is 0.0629. The van der Waals surface area contributed by atoms with Gasteiger partial charge in [0.1, 0.15) is 17.9 Å². The number of para-hydroxylation sites is 1. The number of fused-ring (bicyclic) bond motifs is 1. The number of carbonyl (C=O) groups is 1. The third kappa shape index (κ3) is 4.11. The molecule has 0 saturated carbocycles. The fraction of sp³-hybridized carbons (Fsp3) is 0.160. The van der Waals surface area contributed by atoms with E-state index in [1.807, 2.05) is 51.1 Å². The molecule has 0 radical (unpaired) electrons. The van der Waals surface area contributed by atoms with E-state index in [0.29, 0.717) is 34.0 Å². The average Bonchev–Trinajstić information content (AvgIpc) is 3.43. The van der Waals surface area contributed by atoms with Gasteiger partial charge in [-0.2, -0.15) is 14.9 Å². The Kier molecular flexibility index (Phi) is 5.51. The zero-order chi connectivity index (χ0) is 23.7. The highest BCUT2D eigenvalue weighted by Gasteiger charge is 2.18. The van der Waals surface area contributed by atoms with E-state index in [0.717, 1.165) is 11.4 Å². The standard InChI is InChI=1S/C25H23N7O2/c1-16(2)34-20-11-9-18(10-12-20)25(33)29-22-13-17(3)30-32(22)24-21-14-28-31(23(21)26-15-27-24)19-7-5-4-6-8-19/h4-16H,1-3H3,(H,29,33). The van der Waals surface area contributed by atoms with Gasteiger partial charge in [-0.1, -0.05) is 18.2 Å². The van der Waals surface area contributed by atoms with Gasteiger partial charge in [0.2, 0.25) is 0 Å². The molecule has 2 aromatic carbocycles. The molecule has 9 heteroatoms. The monoisotopic (exact) mass is 453 g/mol. The van der Waals surface area contributed by atoms with E-state index in [9.17, 15) is 4.79 Å². The van der Waals surface area contributed by atoms with Gasteiger partial charge in [-0.05, 0) is 57.2 Å². The average molecular weight is 454 g/mol. The molecule has 0 bridgehead atoms.